The summed E-state index contributed by atoms with van der Waals surface area (Å²) in [6, 6.07) is 3.51. The smallest absolute Gasteiger partial charge is 0.160 e. The molecule has 0 spiro atoms. The van der Waals surface area contributed by atoms with Gasteiger partial charge in [-0.05, 0) is 35.6 Å². The average molecular weight is 209 g/mol. The van der Waals surface area contributed by atoms with Gasteiger partial charge in [-0.1, -0.05) is 26.8 Å². The minimum absolute atomic E-state index is 0.0471. The summed E-state index contributed by atoms with van der Waals surface area (Å²) in [5, 5.41) is 19.2. The van der Waals surface area contributed by atoms with Gasteiger partial charge in [-0.3, -0.25) is 0 Å². The van der Waals surface area contributed by atoms with Crippen molar-refractivity contribution in [2.75, 3.05) is 6.54 Å². The molecule has 1 rings (SSSR count). The highest BCUT2D eigenvalue weighted by molar-refractivity contribution is 5.49. The summed E-state index contributed by atoms with van der Waals surface area (Å²) in [4.78, 5) is 0. The lowest BCUT2D eigenvalue weighted by Crippen LogP contribution is -2.12. The first-order valence-electron chi connectivity index (χ1n) is 5.11. The highest BCUT2D eigenvalue weighted by Crippen LogP contribution is 2.35. The summed E-state index contributed by atoms with van der Waals surface area (Å²) in [5.41, 5.74) is 7.11. The predicted molar refractivity (Wildman–Crippen MR) is 61.2 cm³/mol. The fourth-order valence-corrected chi connectivity index (χ4v) is 1.46. The third-order valence-corrected chi connectivity index (χ3v) is 2.45. The van der Waals surface area contributed by atoms with Crippen molar-refractivity contribution in [3.63, 3.8) is 0 Å². The van der Waals surface area contributed by atoms with Gasteiger partial charge in [0.2, 0.25) is 0 Å². The Balaban J connectivity index is 3.23. The Labute approximate surface area is 90.5 Å². The van der Waals surface area contributed by atoms with Gasteiger partial charge in [0.25, 0.3) is 0 Å². The maximum Gasteiger partial charge on any atom is 0.160 e. The van der Waals surface area contributed by atoms with Crippen molar-refractivity contribution in [1.82, 2.24) is 0 Å². The van der Waals surface area contributed by atoms with Crippen LogP contribution in [-0.4, -0.2) is 16.8 Å². The quantitative estimate of drug-likeness (QED) is 0.652. The standard InChI is InChI=1S/C12H19NO2/c1-12(2,3)9-6-8(4-5-13)11(15)10(14)7-9/h6-7,14-15H,4-5,13H2,1-3H3. The molecule has 0 radical (unpaired) electrons. The summed E-state index contributed by atoms with van der Waals surface area (Å²) < 4.78 is 0. The van der Waals surface area contributed by atoms with Crippen LogP contribution in [-0.2, 0) is 11.8 Å². The SMILES string of the molecule is CC(C)(C)c1cc(O)c(O)c(CCN)c1. The molecule has 0 aliphatic rings. The Morgan fingerprint density at radius 3 is 2.27 bits per heavy atom. The zero-order valence-electron chi connectivity index (χ0n) is 9.54. The third kappa shape index (κ3) is 2.63. The van der Waals surface area contributed by atoms with Gasteiger partial charge >= 0.3 is 0 Å². The van der Waals surface area contributed by atoms with E-state index in [9.17, 15) is 10.2 Å². The van der Waals surface area contributed by atoms with Crippen LogP contribution in [0, 0.1) is 0 Å². The van der Waals surface area contributed by atoms with Gasteiger partial charge in [0, 0.05) is 0 Å². The Hall–Kier alpha value is -1.22. The number of nitrogens with two attached hydrogens (primary N) is 1. The zero-order valence-corrected chi connectivity index (χ0v) is 9.54. The first-order valence-corrected chi connectivity index (χ1v) is 5.11. The van der Waals surface area contributed by atoms with Crippen molar-refractivity contribution in [2.24, 2.45) is 5.73 Å². The van der Waals surface area contributed by atoms with E-state index in [4.69, 9.17) is 5.73 Å². The van der Waals surface area contributed by atoms with E-state index in [1.807, 2.05) is 6.07 Å². The molecule has 0 aromatic heterocycles. The van der Waals surface area contributed by atoms with Gasteiger partial charge in [0.15, 0.2) is 11.5 Å². The number of hydrogen-bond acceptors (Lipinski definition) is 3. The second-order valence-electron chi connectivity index (χ2n) is 4.79. The Morgan fingerprint density at radius 2 is 1.80 bits per heavy atom. The summed E-state index contributed by atoms with van der Waals surface area (Å²) in [5.74, 6) is -0.112. The number of phenols is 2. The van der Waals surface area contributed by atoms with Crippen LogP contribution in [0.2, 0.25) is 0 Å². The summed E-state index contributed by atoms with van der Waals surface area (Å²) >= 11 is 0. The van der Waals surface area contributed by atoms with Gasteiger partial charge < -0.3 is 15.9 Å². The van der Waals surface area contributed by atoms with Crippen molar-refractivity contribution in [3.8, 4) is 11.5 Å². The number of benzene rings is 1. The lowest BCUT2D eigenvalue weighted by atomic mass is 9.85. The van der Waals surface area contributed by atoms with E-state index >= 15 is 0 Å². The number of hydrogen-bond donors (Lipinski definition) is 3. The van der Waals surface area contributed by atoms with Crippen molar-refractivity contribution in [1.29, 1.82) is 0 Å². The first kappa shape index (κ1) is 11.9. The number of rotatable bonds is 2. The molecule has 0 aliphatic carbocycles. The largest absolute Gasteiger partial charge is 0.504 e. The molecule has 0 fully saturated rings. The van der Waals surface area contributed by atoms with E-state index in [0.717, 1.165) is 5.56 Å². The first-order chi connectivity index (χ1) is 6.86. The molecule has 3 heteroatoms. The molecule has 0 heterocycles. The average Bonchev–Trinajstić information content (AvgIpc) is 2.11. The monoisotopic (exact) mass is 209 g/mol. The van der Waals surface area contributed by atoms with Crippen LogP contribution < -0.4 is 5.73 Å². The predicted octanol–water partition coefficient (Wildman–Crippen LogP) is 1.90. The van der Waals surface area contributed by atoms with E-state index in [1.54, 1.807) is 6.07 Å². The zero-order chi connectivity index (χ0) is 11.6. The highest BCUT2D eigenvalue weighted by atomic mass is 16.3. The maximum atomic E-state index is 9.61. The van der Waals surface area contributed by atoms with Crippen LogP contribution in [0.25, 0.3) is 0 Å². The van der Waals surface area contributed by atoms with E-state index in [0.29, 0.717) is 18.5 Å². The maximum absolute atomic E-state index is 9.61. The summed E-state index contributed by atoms with van der Waals surface area (Å²) in [6.45, 7) is 6.64. The van der Waals surface area contributed by atoms with Crippen molar-refractivity contribution < 1.29 is 10.2 Å². The van der Waals surface area contributed by atoms with Crippen LogP contribution >= 0.6 is 0 Å². The second-order valence-corrected chi connectivity index (χ2v) is 4.79. The van der Waals surface area contributed by atoms with E-state index in [1.165, 1.54) is 0 Å². The minimum atomic E-state index is -0.0640. The Bertz CT molecular complexity index is 353. The number of phenolic OH excluding ortho intramolecular Hbond substituents is 2. The van der Waals surface area contributed by atoms with Gasteiger partial charge in [-0.15, -0.1) is 0 Å². The molecular weight excluding hydrogens is 190 g/mol. The van der Waals surface area contributed by atoms with Crippen LogP contribution in [0.1, 0.15) is 31.9 Å². The minimum Gasteiger partial charge on any atom is -0.504 e. The lowest BCUT2D eigenvalue weighted by molar-refractivity contribution is 0.397. The molecule has 0 amide bonds. The van der Waals surface area contributed by atoms with Crippen LogP contribution in [0.5, 0.6) is 11.5 Å². The van der Waals surface area contributed by atoms with Gasteiger partial charge in [0.1, 0.15) is 0 Å². The van der Waals surface area contributed by atoms with E-state index < -0.39 is 0 Å². The topological polar surface area (TPSA) is 66.5 Å². The molecule has 0 saturated heterocycles. The molecule has 0 aliphatic heterocycles. The van der Waals surface area contributed by atoms with Crippen LogP contribution in [0.4, 0.5) is 0 Å². The molecule has 84 valence electrons. The molecule has 4 N–H and O–H groups in total. The summed E-state index contributed by atoms with van der Waals surface area (Å²) in [6.07, 6.45) is 0.573. The molecule has 15 heavy (non-hydrogen) atoms. The van der Waals surface area contributed by atoms with Crippen LogP contribution in [0.15, 0.2) is 12.1 Å². The molecule has 0 unspecified atom stereocenters. The molecule has 1 aromatic carbocycles. The van der Waals surface area contributed by atoms with E-state index in [-0.39, 0.29) is 16.9 Å². The normalized spacial score (nSPS) is 11.7. The van der Waals surface area contributed by atoms with Crippen molar-refractivity contribution >= 4 is 0 Å². The fraction of sp³-hybridized carbons (Fsp3) is 0.500. The molecule has 1 aromatic rings. The fourth-order valence-electron chi connectivity index (χ4n) is 1.46. The lowest BCUT2D eigenvalue weighted by Gasteiger charge is -2.21. The molecular formula is C12H19NO2. The molecule has 0 bridgehead atoms. The van der Waals surface area contributed by atoms with Crippen molar-refractivity contribution in [3.05, 3.63) is 23.3 Å². The van der Waals surface area contributed by atoms with Crippen LogP contribution in [0.3, 0.4) is 0 Å². The van der Waals surface area contributed by atoms with Gasteiger partial charge in [-0.25, -0.2) is 0 Å². The molecule has 0 saturated carbocycles. The third-order valence-electron chi connectivity index (χ3n) is 2.45. The van der Waals surface area contributed by atoms with Crippen molar-refractivity contribution in [2.45, 2.75) is 32.6 Å². The van der Waals surface area contributed by atoms with Gasteiger partial charge in [0.05, 0.1) is 0 Å². The van der Waals surface area contributed by atoms with Gasteiger partial charge in [-0.2, -0.15) is 0 Å². The molecule has 3 nitrogen and oxygen atoms in total. The Kier molecular flexibility index (Phi) is 3.25. The second kappa shape index (κ2) is 4.11. The van der Waals surface area contributed by atoms with E-state index in [2.05, 4.69) is 20.8 Å². The highest BCUT2D eigenvalue weighted by Gasteiger charge is 2.17. The number of aromatic hydroxyl groups is 2. The Morgan fingerprint density at radius 1 is 1.20 bits per heavy atom. The summed E-state index contributed by atoms with van der Waals surface area (Å²) in [7, 11) is 0. The molecule has 0 atom stereocenters.